The van der Waals surface area contributed by atoms with Crippen molar-refractivity contribution in [2.24, 2.45) is 35.0 Å². The summed E-state index contributed by atoms with van der Waals surface area (Å²) in [4.78, 5) is 13.4. The van der Waals surface area contributed by atoms with Crippen molar-refractivity contribution in [1.29, 1.82) is 0 Å². The minimum atomic E-state index is -1.01. The molecule has 146 valence electrons. The van der Waals surface area contributed by atoms with E-state index < -0.39 is 35.4 Å². The van der Waals surface area contributed by atoms with Gasteiger partial charge in [0.25, 0.3) is 0 Å². The van der Waals surface area contributed by atoms with Crippen molar-refractivity contribution in [3.05, 3.63) is 11.6 Å². The molecule has 0 amide bonds. The average Bonchev–Trinajstić information content (AvgIpc) is 3.37. The van der Waals surface area contributed by atoms with Crippen LogP contribution in [-0.2, 0) is 9.53 Å². The molecular weight excluding hydrogens is 332 g/mol. The quantitative estimate of drug-likeness (QED) is 0.449. The number of Topliss-reactive ketones (excluding diaryl/α,β-unsaturated/α-hetero) is 1. The van der Waals surface area contributed by atoms with Crippen LogP contribution in [0.4, 0.5) is 0 Å². The molecule has 1 saturated heterocycles. The lowest BCUT2D eigenvalue weighted by Crippen LogP contribution is -2.40. The molecule has 4 aliphatic rings. The zero-order chi connectivity index (χ0) is 19.4. The Morgan fingerprint density at radius 2 is 1.65 bits per heavy atom. The summed E-state index contributed by atoms with van der Waals surface area (Å²) in [5.74, 6) is -0.569. The molecule has 0 spiro atoms. The number of aliphatic hydroxyl groups is 3. The Hall–Kier alpha value is -0.750. The van der Waals surface area contributed by atoms with E-state index in [2.05, 4.69) is 13.8 Å². The van der Waals surface area contributed by atoms with E-state index in [1.807, 2.05) is 19.9 Å². The molecular formula is C21H32O5. The van der Waals surface area contributed by atoms with Gasteiger partial charge >= 0.3 is 0 Å². The van der Waals surface area contributed by atoms with Crippen molar-refractivity contribution in [3.63, 3.8) is 0 Å². The van der Waals surface area contributed by atoms with Crippen LogP contribution in [0, 0.1) is 35.0 Å². The van der Waals surface area contributed by atoms with Crippen LogP contribution in [0.15, 0.2) is 11.6 Å². The summed E-state index contributed by atoms with van der Waals surface area (Å²) in [6, 6.07) is 0. The Kier molecular flexibility index (Phi) is 3.72. The average molecular weight is 364 g/mol. The van der Waals surface area contributed by atoms with Gasteiger partial charge in [0, 0.05) is 5.92 Å². The highest BCUT2D eigenvalue weighted by molar-refractivity contribution is 5.95. The minimum Gasteiger partial charge on any atom is -0.392 e. The number of aliphatic hydroxyl groups excluding tert-OH is 3. The maximum atomic E-state index is 13.4. The number of fused-ring (bicyclic) bond motifs is 1. The number of carbonyl (C=O) groups excluding carboxylic acids is 1. The highest BCUT2D eigenvalue weighted by atomic mass is 16.6. The zero-order valence-corrected chi connectivity index (χ0v) is 16.6. The molecule has 3 fully saturated rings. The van der Waals surface area contributed by atoms with Crippen LogP contribution in [0.1, 0.15) is 48.0 Å². The first-order valence-corrected chi connectivity index (χ1v) is 9.90. The molecule has 0 unspecified atom stereocenters. The predicted octanol–water partition coefficient (Wildman–Crippen LogP) is 1.69. The summed E-state index contributed by atoms with van der Waals surface area (Å²) in [5, 5.41) is 32.5. The van der Waals surface area contributed by atoms with Crippen molar-refractivity contribution < 1.29 is 24.9 Å². The third-order valence-electron chi connectivity index (χ3n) is 8.36. The third-order valence-corrected chi connectivity index (χ3v) is 8.36. The van der Waals surface area contributed by atoms with Gasteiger partial charge in [-0.15, -0.1) is 0 Å². The van der Waals surface area contributed by atoms with Gasteiger partial charge in [-0.05, 0) is 54.1 Å². The van der Waals surface area contributed by atoms with Crippen LogP contribution in [-0.4, -0.2) is 50.6 Å². The molecule has 5 heteroatoms. The number of ether oxygens (including phenoxy) is 1. The van der Waals surface area contributed by atoms with Gasteiger partial charge in [-0.2, -0.15) is 0 Å². The molecule has 5 nitrogen and oxygen atoms in total. The molecule has 2 saturated carbocycles. The lowest BCUT2D eigenvalue weighted by atomic mass is 9.79. The maximum absolute atomic E-state index is 13.4. The molecule has 1 aliphatic heterocycles. The topological polar surface area (TPSA) is 90.3 Å². The second kappa shape index (κ2) is 5.19. The van der Waals surface area contributed by atoms with E-state index in [1.165, 1.54) is 0 Å². The third kappa shape index (κ3) is 1.98. The number of hydrogen-bond donors (Lipinski definition) is 3. The number of carbonyl (C=O) groups is 1. The molecule has 4 rings (SSSR count). The molecule has 3 aliphatic carbocycles. The fourth-order valence-corrected chi connectivity index (χ4v) is 6.35. The number of ketones is 1. The molecule has 0 aromatic carbocycles. The van der Waals surface area contributed by atoms with Crippen LogP contribution in [0.2, 0.25) is 0 Å². The highest BCUT2D eigenvalue weighted by Gasteiger charge is 2.81. The van der Waals surface area contributed by atoms with Gasteiger partial charge in [0.1, 0.15) is 11.7 Å². The molecule has 1 heterocycles. The summed E-state index contributed by atoms with van der Waals surface area (Å²) < 4.78 is 6.14. The summed E-state index contributed by atoms with van der Waals surface area (Å²) in [5.41, 5.74) is -1.27. The van der Waals surface area contributed by atoms with Gasteiger partial charge in [-0.25, -0.2) is 0 Å². The molecule has 0 radical (unpaired) electrons. The van der Waals surface area contributed by atoms with E-state index in [1.54, 1.807) is 13.8 Å². The molecule has 26 heavy (non-hydrogen) atoms. The van der Waals surface area contributed by atoms with Crippen molar-refractivity contribution in [1.82, 2.24) is 0 Å². The number of hydrogen-bond acceptors (Lipinski definition) is 5. The lowest BCUT2D eigenvalue weighted by molar-refractivity contribution is -0.132. The molecule has 0 bridgehead atoms. The standard InChI is InChI=1S/C21H32O5/c1-9-7-21-18(25)11(3)16(23)13-14(19(13,5)6)17(24)15(22)10(2)8-20(21,26-21)12(9)4/h8-9,11-17,22-24H,7H2,1-6H3/b10-8+/t9-,11+,12-,13-,14+,15+,16-,17-,20-,21-/m0/s1. The second-order valence-electron chi connectivity index (χ2n) is 10.0. The summed E-state index contributed by atoms with van der Waals surface area (Å²) in [6.45, 7) is 11.8. The van der Waals surface area contributed by atoms with E-state index in [0.29, 0.717) is 17.9 Å². The molecule has 0 aromatic heterocycles. The van der Waals surface area contributed by atoms with Crippen LogP contribution < -0.4 is 0 Å². The Morgan fingerprint density at radius 3 is 2.27 bits per heavy atom. The number of epoxide rings is 1. The summed E-state index contributed by atoms with van der Waals surface area (Å²) >= 11 is 0. The smallest absolute Gasteiger partial charge is 0.173 e. The molecule has 3 N–H and O–H groups in total. The first kappa shape index (κ1) is 18.6. The van der Waals surface area contributed by atoms with E-state index in [-0.39, 0.29) is 29.0 Å². The largest absolute Gasteiger partial charge is 0.392 e. The van der Waals surface area contributed by atoms with Crippen molar-refractivity contribution in [2.75, 3.05) is 0 Å². The summed E-state index contributed by atoms with van der Waals surface area (Å²) in [7, 11) is 0. The van der Waals surface area contributed by atoms with E-state index >= 15 is 0 Å². The Bertz CT molecular complexity index is 684. The first-order valence-electron chi connectivity index (χ1n) is 9.90. The molecule has 0 aromatic rings. The van der Waals surface area contributed by atoms with Gasteiger partial charge in [0.2, 0.25) is 0 Å². The summed E-state index contributed by atoms with van der Waals surface area (Å²) in [6.07, 6.45) is -0.282. The zero-order valence-electron chi connectivity index (χ0n) is 16.6. The molecule has 10 atom stereocenters. The minimum absolute atomic E-state index is 0.0300. The highest BCUT2D eigenvalue weighted by Crippen LogP contribution is 2.69. The Balaban J connectivity index is 1.82. The van der Waals surface area contributed by atoms with Gasteiger partial charge in [0.05, 0.1) is 12.2 Å². The monoisotopic (exact) mass is 364 g/mol. The van der Waals surface area contributed by atoms with Gasteiger partial charge in [-0.1, -0.05) is 34.6 Å². The van der Waals surface area contributed by atoms with Gasteiger partial charge < -0.3 is 20.1 Å². The normalized spacial score (nSPS) is 60.0. The van der Waals surface area contributed by atoms with E-state index in [0.717, 1.165) is 0 Å². The van der Waals surface area contributed by atoms with Gasteiger partial charge in [0.15, 0.2) is 11.4 Å². The van der Waals surface area contributed by atoms with Crippen molar-refractivity contribution >= 4 is 5.78 Å². The number of rotatable bonds is 0. The predicted molar refractivity (Wildman–Crippen MR) is 96.2 cm³/mol. The van der Waals surface area contributed by atoms with Crippen LogP contribution in [0.25, 0.3) is 0 Å². The van der Waals surface area contributed by atoms with Gasteiger partial charge in [-0.3, -0.25) is 4.79 Å². The van der Waals surface area contributed by atoms with Crippen LogP contribution >= 0.6 is 0 Å². The van der Waals surface area contributed by atoms with Crippen molar-refractivity contribution in [2.45, 2.75) is 77.5 Å². The second-order valence-corrected chi connectivity index (χ2v) is 10.0. The fourth-order valence-electron chi connectivity index (χ4n) is 6.35. The Labute approximate surface area is 155 Å². The SMILES string of the molecule is C/C1=C\[C@@]23O[C@@]2(C[C@H](C)[C@@H]3C)C(=O)[C@H](C)[C@H](O)[C@@H]2[C@H]([C@H](O)[C@@H]1O)C2(C)C. The lowest BCUT2D eigenvalue weighted by Gasteiger charge is -2.23. The van der Waals surface area contributed by atoms with Crippen LogP contribution in [0.3, 0.4) is 0 Å². The van der Waals surface area contributed by atoms with Crippen molar-refractivity contribution in [3.8, 4) is 0 Å². The Morgan fingerprint density at radius 1 is 1.08 bits per heavy atom. The van der Waals surface area contributed by atoms with E-state index in [4.69, 9.17) is 4.74 Å². The first-order chi connectivity index (χ1) is 11.9. The fraction of sp³-hybridized carbons (Fsp3) is 0.857. The van der Waals surface area contributed by atoms with Crippen LogP contribution in [0.5, 0.6) is 0 Å². The van der Waals surface area contributed by atoms with E-state index in [9.17, 15) is 20.1 Å². The maximum Gasteiger partial charge on any atom is 0.173 e.